The summed E-state index contributed by atoms with van der Waals surface area (Å²) in [5.41, 5.74) is 1.16. The molecule has 8 heteroatoms. The fraction of sp³-hybridized carbons (Fsp3) is 0.632. The van der Waals surface area contributed by atoms with Crippen LogP contribution in [0.5, 0.6) is 11.5 Å². The van der Waals surface area contributed by atoms with Gasteiger partial charge in [0.05, 0.1) is 13.2 Å². The molecule has 7 nitrogen and oxygen atoms in total. The Kier molecular flexibility index (Phi) is 8.91. The number of nitrogens with zero attached hydrogens (tertiary/aromatic N) is 1. The second-order valence-electron chi connectivity index (χ2n) is 6.84. The number of guanidine groups is 1. The van der Waals surface area contributed by atoms with Crippen LogP contribution in [-0.4, -0.2) is 57.3 Å². The van der Waals surface area contributed by atoms with Gasteiger partial charge in [-0.1, -0.05) is 6.07 Å². The van der Waals surface area contributed by atoms with E-state index in [9.17, 15) is 5.11 Å². The molecule has 0 bridgehead atoms. The average Bonchev–Trinajstić information content (AvgIpc) is 3.29. The Labute approximate surface area is 177 Å². The summed E-state index contributed by atoms with van der Waals surface area (Å²) < 4.78 is 16.3. The number of rotatable bonds is 8. The third kappa shape index (κ3) is 6.11. The van der Waals surface area contributed by atoms with Crippen LogP contribution in [0.15, 0.2) is 23.2 Å². The highest BCUT2D eigenvalue weighted by Gasteiger charge is 2.34. The Morgan fingerprint density at radius 1 is 1.26 bits per heavy atom. The second kappa shape index (κ2) is 10.9. The van der Waals surface area contributed by atoms with Crippen molar-refractivity contribution in [1.82, 2.24) is 10.6 Å². The van der Waals surface area contributed by atoms with E-state index < -0.39 is 0 Å². The first-order valence-corrected chi connectivity index (χ1v) is 9.34. The molecule has 152 valence electrons. The van der Waals surface area contributed by atoms with Gasteiger partial charge in [-0.25, -0.2) is 0 Å². The smallest absolute Gasteiger partial charge is 0.231 e. The first-order chi connectivity index (χ1) is 12.7. The highest BCUT2D eigenvalue weighted by atomic mass is 127. The molecule has 27 heavy (non-hydrogen) atoms. The lowest BCUT2D eigenvalue weighted by Gasteiger charge is -2.24. The van der Waals surface area contributed by atoms with Crippen molar-refractivity contribution in [3.63, 3.8) is 0 Å². The summed E-state index contributed by atoms with van der Waals surface area (Å²) in [7, 11) is 0. The van der Waals surface area contributed by atoms with Crippen LogP contribution in [0, 0.1) is 5.41 Å². The van der Waals surface area contributed by atoms with E-state index >= 15 is 0 Å². The van der Waals surface area contributed by atoms with Crippen LogP contribution in [0.2, 0.25) is 0 Å². The van der Waals surface area contributed by atoms with Gasteiger partial charge in [-0.2, -0.15) is 0 Å². The minimum Gasteiger partial charge on any atom is -0.454 e. The molecule has 0 saturated carbocycles. The molecule has 0 radical (unpaired) electrons. The minimum absolute atomic E-state index is 0. The highest BCUT2D eigenvalue weighted by Crippen LogP contribution is 2.33. The van der Waals surface area contributed by atoms with Crippen LogP contribution >= 0.6 is 24.0 Å². The SMILES string of the molecule is CCNC(=NCC1(CCO)CCOC1)NCCc1ccc2c(c1)OCO2.I. The first kappa shape index (κ1) is 22.0. The standard InChI is InChI=1S/C19H29N3O4.HI/c1-2-20-18(22-12-19(6-9-23)7-10-24-13-19)21-8-5-15-3-4-16-17(11-15)26-14-25-16;/h3-4,11,23H,2,5-10,12-14H2,1H3,(H2,20,21,22);1H. The molecule has 0 spiro atoms. The summed E-state index contributed by atoms with van der Waals surface area (Å²) >= 11 is 0. The van der Waals surface area contributed by atoms with E-state index in [0.29, 0.717) is 19.9 Å². The van der Waals surface area contributed by atoms with E-state index in [2.05, 4.69) is 23.6 Å². The van der Waals surface area contributed by atoms with Crippen molar-refractivity contribution in [3.8, 4) is 11.5 Å². The molecule has 1 aromatic carbocycles. The number of fused-ring (bicyclic) bond motifs is 1. The van der Waals surface area contributed by atoms with Crippen LogP contribution in [0.1, 0.15) is 25.3 Å². The van der Waals surface area contributed by atoms with E-state index in [0.717, 1.165) is 56.4 Å². The van der Waals surface area contributed by atoms with Gasteiger partial charge in [0, 0.05) is 31.7 Å². The molecular weight excluding hydrogens is 461 g/mol. The van der Waals surface area contributed by atoms with Gasteiger partial charge in [0.25, 0.3) is 0 Å². The Morgan fingerprint density at radius 2 is 2.11 bits per heavy atom. The first-order valence-electron chi connectivity index (χ1n) is 9.34. The van der Waals surface area contributed by atoms with Crippen LogP contribution < -0.4 is 20.1 Å². The summed E-state index contributed by atoms with van der Waals surface area (Å²) in [6, 6.07) is 6.04. The maximum absolute atomic E-state index is 9.34. The Balaban J connectivity index is 0.00000261. The summed E-state index contributed by atoms with van der Waals surface area (Å²) in [6.45, 7) is 6.19. The maximum atomic E-state index is 9.34. The van der Waals surface area contributed by atoms with Crippen molar-refractivity contribution in [3.05, 3.63) is 23.8 Å². The number of aliphatic hydroxyl groups is 1. The van der Waals surface area contributed by atoms with Gasteiger partial charge in [-0.05, 0) is 43.9 Å². The van der Waals surface area contributed by atoms with Crippen LogP contribution in [0.4, 0.5) is 0 Å². The molecule has 3 rings (SSSR count). The fourth-order valence-electron chi connectivity index (χ4n) is 3.30. The zero-order valence-corrected chi connectivity index (χ0v) is 18.2. The van der Waals surface area contributed by atoms with Crippen molar-refractivity contribution in [1.29, 1.82) is 0 Å². The number of hydrogen-bond acceptors (Lipinski definition) is 5. The lowest BCUT2D eigenvalue weighted by Crippen LogP contribution is -2.39. The maximum Gasteiger partial charge on any atom is 0.231 e. The number of aliphatic imine (C=N–C) groups is 1. The fourth-order valence-corrected chi connectivity index (χ4v) is 3.30. The number of ether oxygens (including phenoxy) is 3. The highest BCUT2D eigenvalue weighted by molar-refractivity contribution is 14.0. The molecule has 2 aliphatic rings. The number of halogens is 1. The molecule has 0 amide bonds. The predicted molar refractivity (Wildman–Crippen MR) is 115 cm³/mol. The quantitative estimate of drug-likeness (QED) is 0.293. The van der Waals surface area contributed by atoms with Gasteiger partial charge < -0.3 is 30.0 Å². The summed E-state index contributed by atoms with van der Waals surface area (Å²) in [5.74, 6) is 2.43. The van der Waals surface area contributed by atoms with Crippen LogP contribution in [0.3, 0.4) is 0 Å². The lowest BCUT2D eigenvalue weighted by molar-refractivity contribution is 0.131. The molecule has 3 N–H and O–H groups in total. The molecular formula is C19H30IN3O4. The lowest BCUT2D eigenvalue weighted by atomic mass is 9.84. The molecule has 0 aliphatic carbocycles. The zero-order valence-electron chi connectivity index (χ0n) is 15.8. The number of nitrogens with one attached hydrogen (secondary N) is 2. The topological polar surface area (TPSA) is 84.3 Å². The Bertz CT molecular complexity index is 621. The van der Waals surface area contributed by atoms with Crippen molar-refractivity contribution in [2.45, 2.75) is 26.2 Å². The van der Waals surface area contributed by atoms with Crippen molar-refractivity contribution < 1.29 is 19.3 Å². The average molecular weight is 491 g/mol. The van der Waals surface area contributed by atoms with Gasteiger partial charge in [0.2, 0.25) is 6.79 Å². The van der Waals surface area contributed by atoms with Gasteiger partial charge in [-0.15, -0.1) is 24.0 Å². The molecule has 1 fully saturated rings. The Hall–Kier alpha value is -1.26. The summed E-state index contributed by atoms with van der Waals surface area (Å²) in [4.78, 5) is 4.73. The van der Waals surface area contributed by atoms with Gasteiger partial charge in [0.1, 0.15) is 0 Å². The van der Waals surface area contributed by atoms with E-state index in [1.54, 1.807) is 0 Å². The van der Waals surface area contributed by atoms with Gasteiger partial charge in [0.15, 0.2) is 17.5 Å². The molecule has 2 aliphatic heterocycles. The third-order valence-electron chi connectivity index (χ3n) is 4.89. The molecule has 2 heterocycles. The van der Waals surface area contributed by atoms with Crippen molar-refractivity contribution in [2.24, 2.45) is 10.4 Å². The van der Waals surface area contributed by atoms with Crippen molar-refractivity contribution >= 4 is 29.9 Å². The van der Waals surface area contributed by atoms with E-state index in [4.69, 9.17) is 19.2 Å². The van der Waals surface area contributed by atoms with Crippen LogP contribution in [0.25, 0.3) is 0 Å². The summed E-state index contributed by atoms with van der Waals surface area (Å²) in [5, 5.41) is 16.0. The largest absolute Gasteiger partial charge is 0.454 e. The van der Waals surface area contributed by atoms with E-state index in [1.807, 2.05) is 12.1 Å². The Morgan fingerprint density at radius 3 is 2.85 bits per heavy atom. The number of benzene rings is 1. The zero-order chi connectivity index (χ0) is 18.2. The monoisotopic (exact) mass is 491 g/mol. The second-order valence-corrected chi connectivity index (χ2v) is 6.84. The molecule has 1 aromatic rings. The normalized spacial score (nSPS) is 21.0. The molecule has 0 aromatic heterocycles. The van der Waals surface area contributed by atoms with E-state index in [1.165, 1.54) is 5.56 Å². The van der Waals surface area contributed by atoms with Crippen LogP contribution in [-0.2, 0) is 11.2 Å². The van der Waals surface area contributed by atoms with Crippen molar-refractivity contribution in [2.75, 3.05) is 46.2 Å². The third-order valence-corrected chi connectivity index (χ3v) is 4.89. The molecule has 1 saturated heterocycles. The summed E-state index contributed by atoms with van der Waals surface area (Å²) in [6.07, 6.45) is 2.55. The van der Waals surface area contributed by atoms with Gasteiger partial charge >= 0.3 is 0 Å². The molecule has 1 atom stereocenters. The number of aliphatic hydroxyl groups excluding tert-OH is 1. The predicted octanol–water partition coefficient (Wildman–Crippen LogP) is 1.92. The number of hydrogen-bond donors (Lipinski definition) is 3. The molecule has 1 unspecified atom stereocenters. The van der Waals surface area contributed by atoms with E-state index in [-0.39, 0.29) is 36.0 Å². The minimum atomic E-state index is -0.0333. The van der Waals surface area contributed by atoms with Gasteiger partial charge in [-0.3, -0.25) is 4.99 Å².